The molecule has 0 aliphatic rings. The molecule has 16 heavy (non-hydrogen) atoms. The summed E-state index contributed by atoms with van der Waals surface area (Å²) in [5.41, 5.74) is 0.824. The second-order valence-electron chi connectivity index (χ2n) is 4.26. The van der Waals surface area contributed by atoms with Gasteiger partial charge in [0.1, 0.15) is 11.0 Å². The molecule has 88 valence electrons. The van der Waals surface area contributed by atoms with Gasteiger partial charge in [0.25, 0.3) is 0 Å². The van der Waals surface area contributed by atoms with E-state index in [9.17, 15) is 4.21 Å². The van der Waals surface area contributed by atoms with E-state index in [1.165, 1.54) is 0 Å². The van der Waals surface area contributed by atoms with Crippen molar-refractivity contribution < 1.29 is 4.21 Å². The van der Waals surface area contributed by atoms with Gasteiger partial charge in [-0.3, -0.25) is 0 Å². The molecule has 0 radical (unpaired) electrons. The van der Waals surface area contributed by atoms with Crippen molar-refractivity contribution >= 4 is 44.7 Å². The molecule has 0 aromatic heterocycles. The summed E-state index contributed by atoms with van der Waals surface area (Å²) in [5.74, 6) is 0. The third-order valence-electron chi connectivity index (χ3n) is 1.77. The Labute approximate surface area is 112 Å². The second-order valence-corrected chi connectivity index (χ2v) is 7.49. The van der Waals surface area contributed by atoms with Gasteiger partial charge in [-0.05, 0) is 39.0 Å². The summed E-state index contributed by atoms with van der Waals surface area (Å²) >= 11 is 9.25. The topological polar surface area (TPSA) is 29.4 Å². The van der Waals surface area contributed by atoms with E-state index in [-0.39, 0.29) is 4.75 Å². The van der Waals surface area contributed by atoms with Crippen molar-refractivity contribution in [3.8, 4) is 0 Å². The minimum atomic E-state index is -1.25. The number of nitrogens with zero attached hydrogens (tertiary/aromatic N) is 1. The summed E-state index contributed by atoms with van der Waals surface area (Å²) in [4.78, 5) is 0. The highest BCUT2D eigenvalue weighted by Gasteiger charge is 2.18. The summed E-state index contributed by atoms with van der Waals surface area (Å²) in [6.07, 6.45) is 1.58. The molecule has 0 bridgehead atoms. The highest BCUT2D eigenvalue weighted by Crippen LogP contribution is 2.20. The van der Waals surface area contributed by atoms with E-state index in [0.29, 0.717) is 5.02 Å². The molecule has 0 N–H and O–H groups in total. The van der Waals surface area contributed by atoms with E-state index in [1.807, 2.05) is 26.8 Å². The molecule has 1 rings (SSSR count). The molecule has 1 aromatic carbocycles. The predicted octanol–water partition coefficient (Wildman–Crippen LogP) is 3.98. The van der Waals surface area contributed by atoms with Crippen LogP contribution in [0.4, 0.5) is 0 Å². The first-order valence-electron chi connectivity index (χ1n) is 4.72. The summed E-state index contributed by atoms with van der Waals surface area (Å²) in [6, 6.07) is 5.39. The van der Waals surface area contributed by atoms with Gasteiger partial charge in [0.05, 0.1) is 4.75 Å². The van der Waals surface area contributed by atoms with Crippen LogP contribution >= 0.6 is 27.5 Å². The first-order chi connectivity index (χ1) is 7.30. The summed E-state index contributed by atoms with van der Waals surface area (Å²) in [6.45, 7) is 5.65. The van der Waals surface area contributed by atoms with Gasteiger partial charge >= 0.3 is 0 Å². The van der Waals surface area contributed by atoms with Crippen molar-refractivity contribution in [2.45, 2.75) is 25.5 Å². The van der Waals surface area contributed by atoms with Crippen molar-refractivity contribution in [3.05, 3.63) is 33.3 Å². The highest BCUT2D eigenvalue weighted by molar-refractivity contribution is 9.10. The number of benzene rings is 1. The molecule has 0 heterocycles. The van der Waals surface area contributed by atoms with Crippen LogP contribution in [0.5, 0.6) is 0 Å². The zero-order chi connectivity index (χ0) is 12.3. The highest BCUT2D eigenvalue weighted by atomic mass is 79.9. The maximum atomic E-state index is 11.7. The van der Waals surface area contributed by atoms with Crippen LogP contribution in [0.1, 0.15) is 26.3 Å². The average molecular weight is 323 g/mol. The first-order valence-corrected chi connectivity index (χ1v) is 6.99. The minimum absolute atomic E-state index is 0.346. The molecule has 2 nitrogen and oxygen atoms in total. The molecule has 0 aliphatic heterocycles. The Balaban J connectivity index is 2.93. The van der Waals surface area contributed by atoms with Crippen LogP contribution in [0.3, 0.4) is 0 Å². The molecule has 0 saturated carbocycles. The molecular formula is C11H13BrClNOS. The monoisotopic (exact) mass is 321 g/mol. The number of halogens is 2. The third kappa shape index (κ3) is 4.00. The fourth-order valence-electron chi connectivity index (χ4n) is 0.876. The quantitative estimate of drug-likeness (QED) is 0.757. The lowest BCUT2D eigenvalue weighted by Gasteiger charge is -2.12. The number of hydrogen-bond acceptors (Lipinski definition) is 1. The molecule has 0 fully saturated rings. The summed E-state index contributed by atoms with van der Waals surface area (Å²) < 4.78 is 16.3. The van der Waals surface area contributed by atoms with E-state index >= 15 is 0 Å². The van der Waals surface area contributed by atoms with Crippen LogP contribution < -0.4 is 0 Å². The lowest BCUT2D eigenvalue weighted by molar-refractivity contribution is 0.651. The Morgan fingerprint density at radius 1 is 1.44 bits per heavy atom. The lowest BCUT2D eigenvalue weighted by atomic mass is 10.2. The second kappa shape index (κ2) is 5.43. The predicted molar refractivity (Wildman–Crippen MR) is 74.6 cm³/mol. The van der Waals surface area contributed by atoms with Crippen LogP contribution in [0.25, 0.3) is 0 Å². The largest absolute Gasteiger partial charge is 0.234 e. The number of hydrogen-bond donors (Lipinski definition) is 0. The molecular weight excluding hydrogens is 310 g/mol. The average Bonchev–Trinajstić information content (AvgIpc) is 2.17. The van der Waals surface area contributed by atoms with Crippen LogP contribution in [-0.4, -0.2) is 15.2 Å². The molecule has 0 saturated heterocycles. The number of rotatable bonds is 2. The van der Waals surface area contributed by atoms with Crippen molar-refractivity contribution in [1.29, 1.82) is 0 Å². The maximum Gasteiger partial charge on any atom is 0.144 e. The van der Waals surface area contributed by atoms with Crippen LogP contribution in [-0.2, 0) is 11.0 Å². The molecule has 1 unspecified atom stereocenters. The van der Waals surface area contributed by atoms with E-state index in [2.05, 4.69) is 20.3 Å². The first kappa shape index (κ1) is 13.9. The summed E-state index contributed by atoms with van der Waals surface area (Å²) in [5, 5.41) is 0.631. The third-order valence-corrected chi connectivity index (χ3v) is 4.07. The van der Waals surface area contributed by atoms with E-state index in [4.69, 9.17) is 11.6 Å². The van der Waals surface area contributed by atoms with Crippen molar-refractivity contribution in [2.24, 2.45) is 4.40 Å². The lowest BCUT2D eigenvalue weighted by Crippen LogP contribution is -2.19. The van der Waals surface area contributed by atoms with E-state index < -0.39 is 11.0 Å². The Morgan fingerprint density at radius 2 is 2.06 bits per heavy atom. The minimum Gasteiger partial charge on any atom is -0.234 e. The van der Waals surface area contributed by atoms with Gasteiger partial charge in [-0.1, -0.05) is 27.5 Å². The SMILES string of the molecule is CC(C)(C)S(=O)/N=C/c1cc(Cl)ccc1Br. The van der Waals surface area contributed by atoms with Crippen molar-refractivity contribution in [3.63, 3.8) is 0 Å². The Hall–Kier alpha value is -0.190. The summed E-state index contributed by atoms with van der Waals surface area (Å²) in [7, 11) is -1.25. The van der Waals surface area contributed by atoms with Gasteiger partial charge in [-0.2, -0.15) is 4.40 Å². The van der Waals surface area contributed by atoms with Gasteiger partial charge in [0, 0.05) is 21.3 Å². The van der Waals surface area contributed by atoms with E-state index in [0.717, 1.165) is 10.0 Å². The van der Waals surface area contributed by atoms with Crippen LogP contribution in [0.15, 0.2) is 27.1 Å². The van der Waals surface area contributed by atoms with Gasteiger partial charge in [-0.25, -0.2) is 4.21 Å². The van der Waals surface area contributed by atoms with Gasteiger partial charge in [0.15, 0.2) is 0 Å². The maximum absolute atomic E-state index is 11.7. The zero-order valence-electron chi connectivity index (χ0n) is 9.33. The van der Waals surface area contributed by atoms with Crippen LogP contribution in [0, 0.1) is 0 Å². The zero-order valence-corrected chi connectivity index (χ0v) is 12.5. The Kier molecular flexibility index (Phi) is 4.71. The normalized spacial score (nSPS) is 14.3. The standard InChI is InChI=1S/C11H13BrClNOS/c1-11(2,3)16(15)14-7-8-6-9(13)4-5-10(8)12/h4-7H,1-3H3/b14-7+. The van der Waals surface area contributed by atoms with Crippen molar-refractivity contribution in [2.75, 3.05) is 0 Å². The molecule has 1 atom stereocenters. The molecule has 0 amide bonds. The fraction of sp³-hybridized carbons (Fsp3) is 0.364. The molecule has 5 heteroatoms. The fourth-order valence-corrected chi connectivity index (χ4v) is 1.93. The van der Waals surface area contributed by atoms with Crippen molar-refractivity contribution in [1.82, 2.24) is 0 Å². The van der Waals surface area contributed by atoms with Gasteiger partial charge < -0.3 is 0 Å². The smallest absolute Gasteiger partial charge is 0.144 e. The van der Waals surface area contributed by atoms with Crippen LogP contribution in [0.2, 0.25) is 5.02 Å². The Bertz CT molecular complexity index is 440. The molecule has 0 spiro atoms. The van der Waals surface area contributed by atoms with Gasteiger partial charge in [0.2, 0.25) is 0 Å². The molecule has 1 aromatic rings. The van der Waals surface area contributed by atoms with E-state index in [1.54, 1.807) is 18.3 Å². The van der Waals surface area contributed by atoms with Gasteiger partial charge in [-0.15, -0.1) is 0 Å². The Morgan fingerprint density at radius 3 is 2.62 bits per heavy atom. The molecule has 0 aliphatic carbocycles.